The van der Waals surface area contributed by atoms with E-state index < -0.39 is 6.04 Å². The van der Waals surface area contributed by atoms with Crippen molar-refractivity contribution in [1.29, 1.82) is 0 Å². The first-order chi connectivity index (χ1) is 11.4. The van der Waals surface area contributed by atoms with Crippen molar-refractivity contribution in [3.8, 4) is 0 Å². The molecular formula is C18H26N4O2. The molecule has 0 fully saturated rings. The van der Waals surface area contributed by atoms with Gasteiger partial charge in [-0.05, 0) is 38.3 Å². The summed E-state index contributed by atoms with van der Waals surface area (Å²) in [6.45, 7) is 8.03. The van der Waals surface area contributed by atoms with Crippen LogP contribution in [0.2, 0.25) is 0 Å². The second-order valence-electron chi connectivity index (χ2n) is 6.77. The van der Waals surface area contributed by atoms with Gasteiger partial charge in [-0.15, -0.1) is 5.10 Å². The number of rotatable bonds is 7. The quantitative estimate of drug-likeness (QED) is 0.847. The lowest BCUT2D eigenvalue weighted by molar-refractivity contribution is -0.124. The summed E-state index contributed by atoms with van der Waals surface area (Å²) in [6.07, 6.45) is 3.14. The number of hydrogen-bond acceptors (Lipinski definition) is 4. The molecule has 2 rings (SSSR count). The van der Waals surface area contributed by atoms with Crippen LogP contribution in [0, 0.1) is 5.92 Å². The molecule has 1 aromatic heterocycles. The van der Waals surface area contributed by atoms with E-state index in [0.29, 0.717) is 16.8 Å². The summed E-state index contributed by atoms with van der Waals surface area (Å²) < 4.78 is 1.15. The summed E-state index contributed by atoms with van der Waals surface area (Å²) in [5.74, 6) is 0.456. The maximum Gasteiger partial charge on any atom is 0.278 e. The molecule has 0 unspecified atom stereocenters. The van der Waals surface area contributed by atoms with Gasteiger partial charge in [0.2, 0.25) is 5.91 Å². The lowest BCUT2D eigenvalue weighted by Crippen LogP contribution is -2.41. The van der Waals surface area contributed by atoms with Gasteiger partial charge < -0.3 is 5.32 Å². The Hall–Kier alpha value is -2.24. The summed E-state index contributed by atoms with van der Waals surface area (Å²) in [4.78, 5) is 24.9. The van der Waals surface area contributed by atoms with Crippen molar-refractivity contribution < 1.29 is 4.79 Å². The van der Waals surface area contributed by atoms with Crippen LogP contribution in [0.4, 0.5) is 0 Å². The standard InChI is InChI=1S/C18H26N4O2/c1-12(2)8-7-9-13(3)19-17(23)14(4)22-18(24)15-10-5-6-11-16(15)20-21-22/h5-6,10-14H,7-9H2,1-4H3,(H,19,23)/t13-,14+/m1/s1. The first-order valence-electron chi connectivity index (χ1n) is 8.54. The van der Waals surface area contributed by atoms with Gasteiger partial charge >= 0.3 is 0 Å². The van der Waals surface area contributed by atoms with Gasteiger partial charge in [0.15, 0.2) is 0 Å². The number of hydrogen-bond donors (Lipinski definition) is 1. The van der Waals surface area contributed by atoms with Crippen LogP contribution in [-0.4, -0.2) is 26.9 Å². The lowest BCUT2D eigenvalue weighted by Gasteiger charge is -2.18. The van der Waals surface area contributed by atoms with Crippen LogP contribution in [0.25, 0.3) is 10.9 Å². The third-order valence-electron chi connectivity index (χ3n) is 4.14. The third kappa shape index (κ3) is 4.40. The minimum absolute atomic E-state index is 0.0721. The van der Waals surface area contributed by atoms with Crippen LogP contribution in [0.3, 0.4) is 0 Å². The highest BCUT2D eigenvalue weighted by molar-refractivity contribution is 5.81. The third-order valence-corrected chi connectivity index (χ3v) is 4.14. The van der Waals surface area contributed by atoms with Crippen molar-refractivity contribution in [1.82, 2.24) is 20.3 Å². The summed E-state index contributed by atoms with van der Waals surface area (Å²) in [5.41, 5.74) is 0.240. The fraction of sp³-hybridized carbons (Fsp3) is 0.556. The number of carbonyl (C=O) groups is 1. The Morgan fingerprint density at radius 1 is 1.17 bits per heavy atom. The monoisotopic (exact) mass is 330 g/mol. The van der Waals surface area contributed by atoms with Crippen LogP contribution < -0.4 is 10.9 Å². The van der Waals surface area contributed by atoms with E-state index in [1.54, 1.807) is 31.2 Å². The average Bonchev–Trinajstić information content (AvgIpc) is 2.54. The molecule has 1 amide bonds. The molecule has 0 radical (unpaired) electrons. The van der Waals surface area contributed by atoms with Crippen molar-refractivity contribution in [3.63, 3.8) is 0 Å². The molecule has 1 heterocycles. The zero-order chi connectivity index (χ0) is 17.7. The summed E-state index contributed by atoms with van der Waals surface area (Å²) in [5, 5.41) is 11.4. The van der Waals surface area contributed by atoms with Gasteiger partial charge in [0.1, 0.15) is 11.6 Å². The van der Waals surface area contributed by atoms with Gasteiger partial charge in [0, 0.05) is 6.04 Å². The topological polar surface area (TPSA) is 76.9 Å². The van der Waals surface area contributed by atoms with E-state index in [4.69, 9.17) is 0 Å². The number of benzene rings is 1. The summed E-state index contributed by atoms with van der Waals surface area (Å²) >= 11 is 0. The Labute approximate surface area is 142 Å². The van der Waals surface area contributed by atoms with E-state index in [0.717, 1.165) is 23.9 Å². The minimum atomic E-state index is -0.692. The number of carbonyl (C=O) groups excluding carboxylic acids is 1. The van der Waals surface area contributed by atoms with E-state index >= 15 is 0 Å². The SMILES string of the molecule is CC(C)CCC[C@@H](C)NC(=O)[C@H](C)n1nnc2ccccc2c1=O. The van der Waals surface area contributed by atoms with Crippen molar-refractivity contribution in [3.05, 3.63) is 34.6 Å². The van der Waals surface area contributed by atoms with Crippen molar-refractivity contribution >= 4 is 16.8 Å². The minimum Gasteiger partial charge on any atom is -0.352 e. The number of amides is 1. The smallest absolute Gasteiger partial charge is 0.278 e. The molecule has 1 aromatic carbocycles. The highest BCUT2D eigenvalue weighted by atomic mass is 16.2. The van der Waals surface area contributed by atoms with Crippen molar-refractivity contribution in [2.24, 2.45) is 5.92 Å². The molecule has 2 atom stereocenters. The largest absolute Gasteiger partial charge is 0.352 e. The van der Waals surface area contributed by atoms with Gasteiger partial charge in [-0.2, -0.15) is 4.68 Å². The Morgan fingerprint density at radius 3 is 2.58 bits per heavy atom. The summed E-state index contributed by atoms with van der Waals surface area (Å²) in [7, 11) is 0. The summed E-state index contributed by atoms with van der Waals surface area (Å²) in [6, 6.07) is 6.38. The second kappa shape index (κ2) is 8.04. The molecule has 0 spiro atoms. The molecule has 0 bridgehead atoms. The Morgan fingerprint density at radius 2 is 1.88 bits per heavy atom. The number of nitrogens with one attached hydrogen (secondary N) is 1. The highest BCUT2D eigenvalue weighted by Crippen LogP contribution is 2.10. The molecule has 6 nitrogen and oxygen atoms in total. The zero-order valence-electron chi connectivity index (χ0n) is 14.8. The fourth-order valence-corrected chi connectivity index (χ4v) is 2.63. The molecule has 130 valence electrons. The maximum atomic E-state index is 12.5. The van der Waals surface area contributed by atoms with Crippen LogP contribution in [0.1, 0.15) is 53.0 Å². The predicted molar refractivity (Wildman–Crippen MR) is 94.8 cm³/mol. The van der Waals surface area contributed by atoms with E-state index in [-0.39, 0.29) is 17.5 Å². The average molecular weight is 330 g/mol. The molecule has 0 aliphatic carbocycles. The Kier molecular flexibility index (Phi) is 6.06. The van der Waals surface area contributed by atoms with E-state index in [9.17, 15) is 9.59 Å². The lowest BCUT2D eigenvalue weighted by atomic mass is 10.0. The number of nitrogens with zero attached hydrogens (tertiary/aromatic N) is 3. The highest BCUT2D eigenvalue weighted by Gasteiger charge is 2.20. The Bertz CT molecular complexity index is 754. The van der Waals surface area contributed by atoms with Gasteiger partial charge in [-0.1, -0.05) is 44.0 Å². The second-order valence-corrected chi connectivity index (χ2v) is 6.77. The normalized spacial score (nSPS) is 13.9. The molecule has 6 heteroatoms. The van der Waals surface area contributed by atoms with Crippen LogP contribution in [0.5, 0.6) is 0 Å². The van der Waals surface area contributed by atoms with Crippen LogP contribution in [0.15, 0.2) is 29.1 Å². The van der Waals surface area contributed by atoms with Crippen LogP contribution in [-0.2, 0) is 4.79 Å². The number of aromatic nitrogens is 3. The van der Waals surface area contributed by atoms with Gasteiger partial charge in [0.25, 0.3) is 5.56 Å². The number of fused-ring (bicyclic) bond motifs is 1. The fourth-order valence-electron chi connectivity index (χ4n) is 2.63. The molecule has 0 saturated heterocycles. The molecule has 0 saturated carbocycles. The zero-order valence-corrected chi connectivity index (χ0v) is 14.8. The van der Waals surface area contributed by atoms with Gasteiger partial charge in [0.05, 0.1) is 5.39 Å². The molecule has 0 aliphatic rings. The first-order valence-corrected chi connectivity index (χ1v) is 8.54. The van der Waals surface area contributed by atoms with Gasteiger partial charge in [-0.25, -0.2) is 0 Å². The maximum absolute atomic E-state index is 12.5. The molecule has 24 heavy (non-hydrogen) atoms. The molecule has 1 N–H and O–H groups in total. The van der Waals surface area contributed by atoms with Crippen LogP contribution >= 0.6 is 0 Å². The first kappa shape index (κ1) is 18.1. The van der Waals surface area contributed by atoms with Crippen molar-refractivity contribution in [2.75, 3.05) is 0 Å². The molecular weight excluding hydrogens is 304 g/mol. The predicted octanol–water partition coefficient (Wildman–Crippen LogP) is 2.68. The van der Waals surface area contributed by atoms with Crippen molar-refractivity contribution in [2.45, 2.75) is 59.0 Å². The molecule has 0 aliphatic heterocycles. The van der Waals surface area contributed by atoms with Gasteiger partial charge in [-0.3, -0.25) is 9.59 Å². The van der Waals surface area contributed by atoms with E-state index in [1.165, 1.54) is 0 Å². The Balaban J connectivity index is 2.05. The van der Waals surface area contributed by atoms with E-state index in [1.807, 2.05) is 6.92 Å². The van der Waals surface area contributed by atoms with E-state index in [2.05, 4.69) is 29.5 Å². The molecule has 2 aromatic rings.